The van der Waals surface area contributed by atoms with Gasteiger partial charge >= 0.3 is 6.16 Å². The van der Waals surface area contributed by atoms with Crippen LogP contribution in [-0.4, -0.2) is 41.9 Å². The molecular weight excluding hydrogens is 453 g/mol. The van der Waals surface area contributed by atoms with Gasteiger partial charge in [-0.2, -0.15) is 0 Å². The number of benzene rings is 2. The van der Waals surface area contributed by atoms with Gasteiger partial charge in [-0.25, -0.2) is 4.79 Å². The molecule has 0 fully saturated rings. The third-order valence-electron chi connectivity index (χ3n) is 4.01. The largest absolute Gasteiger partial charge is 0.515 e. The fraction of sp³-hybridized carbons (Fsp3) is 0.222. The zero-order valence-electron chi connectivity index (χ0n) is 15.9. The lowest BCUT2D eigenvalue weighted by atomic mass is 10.2. The van der Waals surface area contributed by atoms with E-state index in [4.69, 9.17) is 38.4 Å². The minimum Gasteiger partial charge on any atom is -0.412 e. The number of aliphatic imine (C=N–C) groups is 1. The van der Waals surface area contributed by atoms with Gasteiger partial charge in [0.25, 0.3) is 5.09 Å². The Labute approximate surface area is 186 Å². The molecule has 164 valence electrons. The molecule has 3 N–H and O–H groups in total. The minimum absolute atomic E-state index is 0.140. The van der Waals surface area contributed by atoms with Gasteiger partial charge < -0.3 is 30.3 Å². The van der Waals surface area contributed by atoms with Crippen molar-refractivity contribution in [2.45, 2.75) is 6.61 Å². The molecule has 11 nitrogen and oxygen atoms in total. The molecule has 3 rings (SSSR count). The van der Waals surface area contributed by atoms with E-state index >= 15 is 0 Å². The van der Waals surface area contributed by atoms with E-state index in [1.165, 1.54) is 12.1 Å². The van der Waals surface area contributed by atoms with Crippen molar-refractivity contribution in [3.63, 3.8) is 0 Å². The van der Waals surface area contributed by atoms with Gasteiger partial charge in [-0.15, -0.1) is 10.1 Å². The van der Waals surface area contributed by atoms with E-state index in [2.05, 4.69) is 15.1 Å². The molecule has 0 saturated carbocycles. The Morgan fingerprint density at radius 1 is 1.29 bits per heavy atom. The second-order valence-electron chi connectivity index (χ2n) is 6.22. The summed E-state index contributed by atoms with van der Waals surface area (Å²) in [7, 11) is 0. The molecule has 1 heterocycles. The van der Waals surface area contributed by atoms with Gasteiger partial charge in [0.15, 0.2) is 6.73 Å². The van der Waals surface area contributed by atoms with Gasteiger partial charge in [0.05, 0.1) is 22.3 Å². The summed E-state index contributed by atoms with van der Waals surface area (Å²) in [5.74, 6) is 0.573. The average molecular weight is 470 g/mol. The highest BCUT2D eigenvalue weighted by atomic mass is 35.5. The van der Waals surface area contributed by atoms with Crippen LogP contribution in [0.5, 0.6) is 5.75 Å². The fourth-order valence-corrected chi connectivity index (χ4v) is 3.23. The summed E-state index contributed by atoms with van der Waals surface area (Å²) in [6.07, 6.45) is -0.956. The Morgan fingerprint density at radius 2 is 2.03 bits per heavy atom. The monoisotopic (exact) mass is 469 g/mol. The third kappa shape index (κ3) is 6.27. The zero-order valence-corrected chi connectivity index (χ0v) is 17.4. The highest BCUT2D eigenvalue weighted by Gasteiger charge is 2.21. The third-order valence-corrected chi connectivity index (χ3v) is 4.60. The van der Waals surface area contributed by atoms with Crippen molar-refractivity contribution in [3.05, 3.63) is 62.1 Å². The second kappa shape index (κ2) is 10.0. The molecule has 2 aromatic rings. The van der Waals surface area contributed by atoms with Crippen molar-refractivity contribution in [1.29, 1.82) is 0 Å². The number of guanidine groups is 1. The molecule has 1 aliphatic rings. The molecule has 0 aromatic heterocycles. The molecule has 0 bridgehead atoms. The molecule has 0 saturated heterocycles. The van der Waals surface area contributed by atoms with Crippen LogP contribution in [0.25, 0.3) is 0 Å². The molecule has 13 heteroatoms. The predicted octanol–water partition coefficient (Wildman–Crippen LogP) is 3.54. The summed E-state index contributed by atoms with van der Waals surface area (Å²) in [6, 6.07) is 9.19. The second-order valence-corrected chi connectivity index (χ2v) is 7.04. The zero-order chi connectivity index (χ0) is 22.4. The van der Waals surface area contributed by atoms with E-state index in [-0.39, 0.29) is 19.1 Å². The van der Waals surface area contributed by atoms with Crippen LogP contribution >= 0.6 is 23.2 Å². The standard InChI is InChI=1S/C18H17Cl2N5O6/c19-14-7-12(21)8-15(20)16(14)23-17-22-4-5-24(17)10-29-18(26)31-13-3-1-2-11(6-13)9-30-25(27)28/h1-3,6-8H,4-5,9-10,21H2,(H,22,23). The van der Waals surface area contributed by atoms with Crippen molar-refractivity contribution >= 4 is 46.7 Å². The number of ether oxygens (including phenoxy) is 2. The van der Waals surface area contributed by atoms with E-state index in [0.717, 1.165) is 0 Å². The molecule has 31 heavy (non-hydrogen) atoms. The number of rotatable bonds is 7. The number of anilines is 2. The Kier molecular flexibility index (Phi) is 7.21. The quantitative estimate of drug-likeness (QED) is 0.204. The fourth-order valence-electron chi connectivity index (χ4n) is 2.63. The number of hydrogen-bond acceptors (Lipinski definition) is 10. The van der Waals surface area contributed by atoms with E-state index < -0.39 is 11.2 Å². The number of nitrogen functional groups attached to an aromatic ring is 1. The first-order valence-corrected chi connectivity index (χ1v) is 9.59. The van der Waals surface area contributed by atoms with Crippen molar-refractivity contribution < 1.29 is 24.2 Å². The highest BCUT2D eigenvalue weighted by molar-refractivity contribution is 6.40. The first-order chi connectivity index (χ1) is 14.8. The van der Waals surface area contributed by atoms with Crippen LogP contribution < -0.4 is 15.8 Å². The first-order valence-electron chi connectivity index (χ1n) is 8.83. The Morgan fingerprint density at radius 3 is 2.74 bits per heavy atom. The molecule has 0 atom stereocenters. The molecule has 0 amide bonds. The molecule has 2 aromatic carbocycles. The molecule has 1 aliphatic heterocycles. The van der Waals surface area contributed by atoms with Gasteiger partial charge in [0.1, 0.15) is 12.4 Å². The number of carbonyl (C=O) groups is 1. The topological polar surface area (TPSA) is 142 Å². The van der Waals surface area contributed by atoms with Gasteiger partial charge in [0, 0.05) is 12.2 Å². The normalized spacial score (nSPS) is 12.8. The van der Waals surface area contributed by atoms with Crippen LogP contribution in [0.3, 0.4) is 0 Å². The number of nitrogens with zero attached hydrogens (tertiary/aromatic N) is 3. The first kappa shape index (κ1) is 22.2. The lowest BCUT2D eigenvalue weighted by Crippen LogP contribution is -2.36. The summed E-state index contributed by atoms with van der Waals surface area (Å²) < 4.78 is 10.2. The van der Waals surface area contributed by atoms with Crippen LogP contribution in [-0.2, 0) is 16.2 Å². The lowest BCUT2D eigenvalue weighted by molar-refractivity contribution is -0.763. The van der Waals surface area contributed by atoms with Crippen LogP contribution in [0.1, 0.15) is 5.56 Å². The molecule has 0 spiro atoms. The van der Waals surface area contributed by atoms with Crippen LogP contribution in [0.4, 0.5) is 16.2 Å². The number of nitrogens with one attached hydrogen (secondary N) is 1. The van der Waals surface area contributed by atoms with Crippen LogP contribution in [0.15, 0.2) is 41.4 Å². The van der Waals surface area contributed by atoms with E-state index in [1.54, 1.807) is 29.2 Å². The van der Waals surface area contributed by atoms with E-state index in [9.17, 15) is 14.9 Å². The maximum atomic E-state index is 12.0. The Bertz CT molecular complexity index is 996. The maximum Gasteiger partial charge on any atom is 0.515 e. The number of halogens is 2. The average Bonchev–Trinajstić information content (AvgIpc) is 3.15. The summed E-state index contributed by atoms with van der Waals surface area (Å²) in [5, 5.41) is 13.0. The summed E-state index contributed by atoms with van der Waals surface area (Å²) in [4.78, 5) is 32.6. The SMILES string of the molecule is Nc1cc(Cl)c(NC2=NCCN2COC(=O)Oc2cccc(CO[N+](=O)[O-])c2)c(Cl)c1. The van der Waals surface area contributed by atoms with Crippen LogP contribution in [0.2, 0.25) is 10.0 Å². The van der Waals surface area contributed by atoms with Gasteiger partial charge in [-0.1, -0.05) is 35.3 Å². The summed E-state index contributed by atoms with van der Waals surface area (Å²) >= 11 is 12.4. The van der Waals surface area contributed by atoms with E-state index in [0.29, 0.717) is 46.0 Å². The Balaban J connectivity index is 1.54. The van der Waals surface area contributed by atoms with Crippen molar-refractivity contribution in [2.24, 2.45) is 4.99 Å². The van der Waals surface area contributed by atoms with Gasteiger partial charge in [0.2, 0.25) is 5.96 Å². The maximum absolute atomic E-state index is 12.0. The number of carbonyl (C=O) groups excluding carboxylic acids is 1. The number of nitrogens with two attached hydrogens (primary N) is 1. The predicted molar refractivity (Wildman–Crippen MR) is 114 cm³/mol. The van der Waals surface area contributed by atoms with E-state index in [1.807, 2.05) is 0 Å². The summed E-state index contributed by atoms with van der Waals surface area (Å²) in [5.41, 5.74) is 7.01. The molecule has 0 radical (unpaired) electrons. The minimum atomic E-state index is -0.956. The van der Waals surface area contributed by atoms with Crippen LogP contribution in [0, 0.1) is 10.1 Å². The van der Waals surface area contributed by atoms with Gasteiger partial charge in [-0.3, -0.25) is 4.99 Å². The highest BCUT2D eigenvalue weighted by Crippen LogP contribution is 2.33. The van der Waals surface area contributed by atoms with Crippen molar-refractivity contribution in [3.8, 4) is 5.75 Å². The number of hydrogen-bond donors (Lipinski definition) is 2. The smallest absolute Gasteiger partial charge is 0.412 e. The van der Waals surface area contributed by atoms with Crippen molar-refractivity contribution in [1.82, 2.24) is 4.90 Å². The lowest BCUT2D eigenvalue weighted by Gasteiger charge is -2.21. The Hall–Kier alpha value is -3.44. The van der Waals surface area contributed by atoms with Gasteiger partial charge in [-0.05, 0) is 29.8 Å². The van der Waals surface area contributed by atoms with Crippen molar-refractivity contribution in [2.75, 3.05) is 30.9 Å². The summed E-state index contributed by atoms with van der Waals surface area (Å²) in [6.45, 7) is 0.560. The molecule has 0 aliphatic carbocycles. The molecular formula is C18H17Cl2N5O6. The molecule has 0 unspecified atom stereocenters.